The lowest BCUT2D eigenvalue weighted by Crippen LogP contribution is -2.30. The average molecular weight is 477 g/mol. The van der Waals surface area contributed by atoms with Gasteiger partial charge in [-0.15, -0.1) is 0 Å². The molecule has 0 unspecified atom stereocenters. The van der Waals surface area contributed by atoms with Crippen molar-refractivity contribution in [3.05, 3.63) is 48.5 Å². The Labute approximate surface area is 203 Å². The number of rotatable bonds is 5. The van der Waals surface area contributed by atoms with Crippen LogP contribution in [0.2, 0.25) is 0 Å². The van der Waals surface area contributed by atoms with Crippen LogP contribution in [0.25, 0.3) is 0 Å². The number of anilines is 2. The van der Waals surface area contributed by atoms with E-state index in [1.54, 1.807) is 60.5 Å². The fourth-order valence-electron chi connectivity index (χ4n) is 5.40. The van der Waals surface area contributed by atoms with Gasteiger partial charge in [-0.25, -0.2) is 0 Å². The number of methoxy groups -OCH3 is 1. The van der Waals surface area contributed by atoms with Crippen molar-refractivity contribution in [2.24, 2.45) is 23.7 Å². The number of amides is 3. The number of carbonyl (C=O) groups is 4. The van der Waals surface area contributed by atoms with Gasteiger partial charge in [0, 0.05) is 24.7 Å². The summed E-state index contributed by atoms with van der Waals surface area (Å²) < 4.78 is 10.7. The van der Waals surface area contributed by atoms with Crippen LogP contribution in [-0.2, 0) is 19.2 Å². The first-order chi connectivity index (χ1) is 16.9. The van der Waals surface area contributed by atoms with Gasteiger partial charge in [0.15, 0.2) is 0 Å². The molecule has 3 amide bonds. The van der Waals surface area contributed by atoms with Crippen LogP contribution in [-0.4, -0.2) is 37.3 Å². The number of hydrogen-bond donors (Lipinski definition) is 0. The number of imide groups is 1. The summed E-state index contributed by atoms with van der Waals surface area (Å²) in [6.45, 7) is 2.34. The minimum absolute atomic E-state index is 0.0616. The number of hydrogen-bond acceptors (Lipinski definition) is 6. The molecule has 35 heavy (non-hydrogen) atoms. The van der Waals surface area contributed by atoms with E-state index < -0.39 is 11.9 Å². The van der Waals surface area contributed by atoms with Gasteiger partial charge in [-0.2, -0.15) is 0 Å². The van der Waals surface area contributed by atoms with Crippen LogP contribution >= 0.6 is 0 Å². The normalized spacial score (nSPS) is 26.2. The number of ether oxygens (including phenoxy) is 2. The minimum atomic E-state index is -0.597. The number of fused-ring (bicyclic) bond motifs is 1. The van der Waals surface area contributed by atoms with E-state index in [1.807, 2.05) is 0 Å². The molecule has 0 spiro atoms. The molecule has 4 atom stereocenters. The third-order valence-electron chi connectivity index (χ3n) is 7.32. The van der Waals surface area contributed by atoms with Crippen molar-refractivity contribution in [2.75, 3.05) is 23.5 Å². The van der Waals surface area contributed by atoms with E-state index in [9.17, 15) is 19.2 Å². The number of benzene rings is 2. The maximum Gasteiger partial charge on any atom is 0.316 e. The third-order valence-corrected chi connectivity index (χ3v) is 7.32. The van der Waals surface area contributed by atoms with Gasteiger partial charge >= 0.3 is 5.97 Å². The first kappa shape index (κ1) is 23.1. The monoisotopic (exact) mass is 476 g/mol. The summed E-state index contributed by atoms with van der Waals surface area (Å²) in [5, 5.41) is 0. The second-order valence-corrected chi connectivity index (χ2v) is 9.66. The van der Waals surface area contributed by atoms with Crippen LogP contribution in [0.15, 0.2) is 48.5 Å². The molecule has 2 aliphatic heterocycles. The van der Waals surface area contributed by atoms with E-state index in [2.05, 4.69) is 6.92 Å². The second kappa shape index (κ2) is 9.17. The van der Waals surface area contributed by atoms with Gasteiger partial charge in [-0.05, 0) is 61.6 Å². The van der Waals surface area contributed by atoms with Crippen LogP contribution in [0.5, 0.6) is 11.5 Å². The maximum absolute atomic E-state index is 12.9. The first-order valence-corrected chi connectivity index (χ1v) is 12.0. The van der Waals surface area contributed by atoms with Crippen LogP contribution in [0.1, 0.15) is 32.6 Å². The van der Waals surface area contributed by atoms with Gasteiger partial charge in [-0.3, -0.25) is 24.1 Å². The average Bonchev–Trinajstić information content (AvgIpc) is 3.37. The molecule has 1 saturated carbocycles. The number of esters is 1. The smallest absolute Gasteiger partial charge is 0.316 e. The second-order valence-electron chi connectivity index (χ2n) is 9.66. The molecule has 2 saturated heterocycles. The van der Waals surface area contributed by atoms with E-state index in [-0.39, 0.29) is 42.5 Å². The van der Waals surface area contributed by atoms with E-state index in [0.29, 0.717) is 28.8 Å². The Bertz CT molecular complexity index is 1180. The Morgan fingerprint density at radius 2 is 1.66 bits per heavy atom. The van der Waals surface area contributed by atoms with Gasteiger partial charge in [0.1, 0.15) is 11.5 Å². The molecule has 2 aromatic rings. The lowest BCUT2D eigenvalue weighted by atomic mass is 9.76. The highest BCUT2D eigenvalue weighted by molar-refractivity contribution is 6.22. The standard InChI is InChI=1S/C27H28N2O6/c1-16-6-11-22-23(12-16)26(32)29(25(22)31)18-7-9-20(10-8-18)35-27(33)17-13-24(30)28(15-17)19-4-3-5-21(14-19)34-2/h3-5,7-10,14,16-17,22-23H,6,11-13,15H2,1-2H3/t16-,17+,22+,23+/m1/s1. The molecule has 0 bridgehead atoms. The van der Waals surface area contributed by atoms with Gasteiger partial charge < -0.3 is 14.4 Å². The van der Waals surface area contributed by atoms with Crippen LogP contribution in [0.4, 0.5) is 11.4 Å². The van der Waals surface area contributed by atoms with Gasteiger partial charge in [0.05, 0.1) is 30.6 Å². The SMILES string of the molecule is COc1cccc(N2C[C@@H](C(=O)Oc3ccc(N4C(=O)[C@H]5CC[C@@H](C)C[C@@H]5C4=O)cc3)CC2=O)c1. The van der Waals surface area contributed by atoms with Crippen molar-refractivity contribution < 1.29 is 28.7 Å². The highest BCUT2D eigenvalue weighted by Gasteiger charge is 2.50. The summed E-state index contributed by atoms with van der Waals surface area (Å²) in [5.41, 5.74) is 1.16. The lowest BCUT2D eigenvalue weighted by molar-refractivity contribution is -0.139. The fourth-order valence-corrected chi connectivity index (χ4v) is 5.40. The molecule has 182 valence electrons. The summed E-state index contributed by atoms with van der Waals surface area (Å²) in [6.07, 6.45) is 2.51. The molecular formula is C27H28N2O6. The molecule has 0 radical (unpaired) electrons. The Morgan fingerprint density at radius 1 is 0.914 bits per heavy atom. The summed E-state index contributed by atoms with van der Waals surface area (Å²) in [4.78, 5) is 53.9. The zero-order valence-electron chi connectivity index (χ0n) is 19.8. The van der Waals surface area contributed by atoms with E-state index in [0.717, 1.165) is 19.3 Å². The molecule has 0 N–H and O–H groups in total. The molecule has 2 heterocycles. The van der Waals surface area contributed by atoms with E-state index in [4.69, 9.17) is 9.47 Å². The molecular weight excluding hydrogens is 448 g/mol. The lowest BCUT2D eigenvalue weighted by Gasteiger charge is -2.25. The van der Waals surface area contributed by atoms with Crippen LogP contribution in [0.3, 0.4) is 0 Å². The van der Waals surface area contributed by atoms with Gasteiger partial charge in [0.25, 0.3) is 0 Å². The van der Waals surface area contributed by atoms with Crippen molar-refractivity contribution in [3.8, 4) is 11.5 Å². The number of nitrogens with zero attached hydrogens (tertiary/aromatic N) is 2. The number of carbonyl (C=O) groups excluding carboxylic acids is 4. The van der Waals surface area contributed by atoms with Crippen LogP contribution in [0, 0.1) is 23.7 Å². The van der Waals surface area contributed by atoms with Gasteiger partial charge in [0.2, 0.25) is 17.7 Å². The highest BCUT2D eigenvalue weighted by atomic mass is 16.5. The fraction of sp³-hybridized carbons (Fsp3) is 0.407. The predicted octanol–water partition coefficient (Wildman–Crippen LogP) is 3.58. The molecule has 1 aliphatic carbocycles. The largest absolute Gasteiger partial charge is 0.497 e. The zero-order valence-corrected chi connectivity index (χ0v) is 19.8. The quantitative estimate of drug-likeness (QED) is 0.372. The summed E-state index contributed by atoms with van der Waals surface area (Å²) in [7, 11) is 1.55. The molecule has 0 aromatic heterocycles. The molecule has 3 fully saturated rings. The molecule has 8 heteroatoms. The summed E-state index contributed by atoms with van der Waals surface area (Å²) >= 11 is 0. The zero-order chi connectivity index (χ0) is 24.7. The Morgan fingerprint density at radius 3 is 2.40 bits per heavy atom. The van der Waals surface area contributed by atoms with Crippen molar-refractivity contribution >= 4 is 35.1 Å². The van der Waals surface area contributed by atoms with Crippen molar-refractivity contribution in [1.82, 2.24) is 0 Å². The van der Waals surface area contributed by atoms with Crippen molar-refractivity contribution in [3.63, 3.8) is 0 Å². The Balaban J connectivity index is 1.24. The first-order valence-electron chi connectivity index (χ1n) is 12.0. The summed E-state index contributed by atoms with van der Waals surface area (Å²) in [6, 6.07) is 13.5. The molecule has 5 rings (SSSR count). The molecule has 3 aliphatic rings. The molecule has 2 aromatic carbocycles. The predicted molar refractivity (Wildman–Crippen MR) is 128 cm³/mol. The van der Waals surface area contributed by atoms with Crippen molar-refractivity contribution in [2.45, 2.75) is 32.6 Å². The van der Waals surface area contributed by atoms with Crippen molar-refractivity contribution in [1.29, 1.82) is 0 Å². The Kier molecular flexibility index (Phi) is 6.05. The van der Waals surface area contributed by atoms with E-state index in [1.165, 1.54) is 4.90 Å². The van der Waals surface area contributed by atoms with E-state index >= 15 is 0 Å². The minimum Gasteiger partial charge on any atom is -0.497 e. The maximum atomic E-state index is 12.9. The molecule has 8 nitrogen and oxygen atoms in total. The summed E-state index contributed by atoms with van der Waals surface area (Å²) in [5.74, 6) is -0.627. The topological polar surface area (TPSA) is 93.2 Å². The highest BCUT2D eigenvalue weighted by Crippen LogP contribution is 2.42. The van der Waals surface area contributed by atoms with Gasteiger partial charge in [-0.1, -0.05) is 13.0 Å². The third kappa shape index (κ3) is 4.29. The van der Waals surface area contributed by atoms with Crippen LogP contribution < -0.4 is 19.3 Å². The Hall–Kier alpha value is -3.68.